The molecule has 0 saturated carbocycles. The first-order valence-corrected chi connectivity index (χ1v) is 4.93. The van der Waals surface area contributed by atoms with E-state index >= 15 is 0 Å². The van der Waals surface area contributed by atoms with Gasteiger partial charge in [0.05, 0.1) is 17.3 Å². The maximum atomic E-state index is 11.4. The standard InChI is InChI=1S/C10H8N4O4/c1-6-3-2-4-13(5-6)8-7(14(17)18)9(15)12-10(16)11-8/h2-5H,1H3,(H-,11,12,15,16). The van der Waals surface area contributed by atoms with Crippen molar-refractivity contribution in [3.63, 3.8) is 0 Å². The molecule has 0 spiro atoms. The zero-order chi connectivity index (χ0) is 13.3. The Labute approximate surface area is 100 Å². The molecule has 0 saturated heterocycles. The fourth-order valence-corrected chi connectivity index (χ4v) is 1.50. The van der Waals surface area contributed by atoms with Crippen LogP contribution in [0.25, 0.3) is 5.82 Å². The van der Waals surface area contributed by atoms with E-state index in [-0.39, 0.29) is 5.82 Å². The lowest BCUT2D eigenvalue weighted by molar-refractivity contribution is -0.605. The smallest absolute Gasteiger partial charge is 0.426 e. The highest BCUT2D eigenvalue weighted by molar-refractivity contribution is 5.39. The largest absolute Gasteiger partial charge is 0.826 e. The number of nitrogens with one attached hydrogen (secondary N) is 1. The van der Waals surface area contributed by atoms with Crippen LogP contribution in [0.1, 0.15) is 5.56 Å². The highest BCUT2D eigenvalue weighted by Crippen LogP contribution is 2.11. The van der Waals surface area contributed by atoms with Gasteiger partial charge in [-0.05, 0) is 23.5 Å². The molecule has 2 rings (SSSR count). The third kappa shape index (κ3) is 2.03. The van der Waals surface area contributed by atoms with Crippen LogP contribution >= 0.6 is 0 Å². The van der Waals surface area contributed by atoms with E-state index in [9.17, 15) is 20.0 Å². The van der Waals surface area contributed by atoms with Gasteiger partial charge in [0.25, 0.3) is 0 Å². The summed E-state index contributed by atoms with van der Waals surface area (Å²) in [4.78, 5) is 26.6. The van der Waals surface area contributed by atoms with Gasteiger partial charge < -0.3 is 5.11 Å². The Bertz CT molecular complexity index is 680. The zero-order valence-electron chi connectivity index (χ0n) is 9.28. The number of nitro groups is 1. The average Bonchev–Trinajstić information content (AvgIpc) is 2.27. The molecular weight excluding hydrogens is 240 g/mol. The van der Waals surface area contributed by atoms with Crippen molar-refractivity contribution in [2.45, 2.75) is 6.92 Å². The Hall–Kier alpha value is -2.77. The number of aromatic amines is 1. The van der Waals surface area contributed by atoms with Gasteiger partial charge in [-0.2, -0.15) is 4.57 Å². The lowest BCUT2D eigenvalue weighted by atomic mass is 10.3. The molecular formula is C10H8N4O4. The minimum absolute atomic E-state index is 0.294. The molecule has 1 N–H and O–H groups in total. The van der Waals surface area contributed by atoms with Crippen molar-refractivity contribution < 1.29 is 14.6 Å². The third-order valence-corrected chi connectivity index (χ3v) is 2.23. The summed E-state index contributed by atoms with van der Waals surface area (Å²) in [5, 5.41) is 22.0. The van der Waals surface area contributed by atoms with E-state index in [1.54, 1.807) is 24.0 Å². The molecule has 0 aliphatic heterocycles. The maximum absolute atomic E-state index is 11.4. The van der Waals surface area contributed by atoms with Crippen molar-refractivity contribution >= 4 is 5.69 Å². The highest BCUT2D eigenvalue weighted by Gasteiger charge is 2.29. The molecule has 0 aliphatic rings. The van der Waals surface area contributed by atoms with Gasteiger partial charge in [-0.25, -0.2) is 0 Å². The number of H-pyrrole nitrogens is 1. The normalized spacial score (nSPS) is 10.3. The summed E-state index contributed by atoms with van der Waals surface area (Å²) >= 11 is 0. The van der Waals surface area contributed by atoms with Crippen molar-refractivity contribution in [2.75, 3.05) is 0 Å². The van der Waals surface area contributed by atoms with Crippen LogP contribution < -0.4 is 15.2 Å². The van der Waals surface area contributed by atoms with E-state index in [1.807, 2.05) is 0 Å². The first kappa shape index (κ1) is 11.7. The molecule has 92 valence electrons. The van der Waals surface area contributed by atoms with Gasteiger partial charge in [0.15, 0.2) is 6.01 Å². The predicted molar refractivity (Wildman–Crippen MR) is 57.2 cm³/mol. The molecule has 8 heteroatoms. The molecule has 0 unspecified atom stereocenters. The second-order valence-electron chi connectivity index (χ2n) is 3.59. The van der Waals surface area contributed by atoms with Gasteiger partial charge in [-0.15, -0.1) is 0 Å². The van der Waals surface area contributed by atoms with E-state index in [1.165, 1.54) is 17.0 Å². The van der Waals surface area contributed by atoms with Crippen molar-refractivity contribution in [3.05, 3.63) is 50.6 Å². The van der Waals surface area contributed by atoms with E-state index in [4.69, 9.17) is 0 Å². The van der Waals surface area contributed by atoms with Gasteiger partial charge in [0.2, 0.25) is 0 Å². The van der Waals surface area contributed by atoms with E-state index < -0.39 is 22.2 Å². The number of hydrogen-bond donors (Lipinski definition) is 1. The van der Waals surface area contributed by atoms with Crippen molar-refractivity contribution in [2.24, 2.45) is 0 Å². The van der Waals surface area contributed by atoms with Crippen LogP contribution in [0.4, 0.5) is 5.69 Å². The molecule has 0 atom stereocenters. The molecule has 0 radical (unpaired) electrons. The number of rotatable bonds is 2. The minimum atomic E-state index is -1.07. The fourth-order valence-electron chi connectivity index (χ4n) is 1.50. The van der Waals surface area contributed by atoms with Crippen molar-refractivity contribution in [1.29, 1.82) is 0 Å². The zero-order valence-corrected chi connectivity index (χ0v) is 9.28. The van der Waals surface area contributed by atoms with Gasteiger partial charge in [0, 0.05) is 0 Å². The SMILES string of the molecule is Cc1ccc[n+](-c2nc([O-])[nH]c(=O)c2[N+](=O)[O-])c1. The van der Waals surface area contributed by atoms with Crippen LogP contribution in [0.15, 0.2) is 29.3 Å². The van der Waals surface area contributed by atoms with Crippen molar-refractivity contribution in [3.8, 4) is 11.8 Å². The summed E-state index contributed by atoms with van der Waals surface area (Å²) in [6, 6.07) is 2.48. The Kier molecular flexibility index (Phi) is 2.76. The summed E-state index contributed by atoms with van der Waals surface area (Å²) < 4.78 is 1.27. The summed E-state index contributed by atoms with van der Waals surface area (Å²) in [7, 11) is 0. The topological polar surface area (TPSA) is 116 Å². The van der Waals surface area contributed by atoms with Crippen LogP contribution in [0, 0.1) is 17.0 Å². The molecule has 0 amide bonds. The fraction of sp³-hybridized carbons (Fsp3) is 0.100. The Morgan fingerprint density at radius 2 is 2.22 bits per heavy atom. The molecule has 0 aliphatic carbocycles. The summed E-state index contributed by atoms with van der Waals surface area (Å²) in [5.74, 6) is -0.294. The number of nitrogens with zero attached hydrogens (tertiary/aromatic N) is 3. The van der Waals surface area contributed by atoms with E-state index in [2.05, 4.69) is 4.98 Å². The summed E-state index contributed by atoms with van der Waals surface area (Å²) in [6.07, 6.45) is 3.01. The van der Waals surface area contributed by atoms with Crippen LogP contribution in [0.3, 0.4) is 0 Å². The Balaban J connectivity index is 2.78. The molecule has 0 aromatic carbocycles. The number of aromatic nitrogens is 3. The lowest BCUT2D eigenvalue weighted by Gasteiger charge is -2.01. The molecule has 0 fully saturated rings. The number of aryl methyl sites for hydroxylation is 1. The van der Waals surface area contributed by atoms with E-state index in [0.717, 1.165) is 5.56 Å². The molecule has 2 heterocycles. The van der Waals surface area contributed by atoms with Crippen LogP contribution in [-0.4, -0.2) is 14.9 Å². The molecule has 2 aromatic heterocycles. The van der Waals surface area contributed by atoms with Crippen LogP contribution in [-0.2, 0) is 0 Å². The average molecular weight is 248 g/mol. The van der Waals surface area contributed by atoms with Gasteiger partial charge in [-0.1, -0.05) is 6.07 Å². The predicted octanol–water partition coefficient (Wildman–Crippen LogP) is -0.663. The highest BCUT2D eigenvalue weighted by atomic mass is 16.6. The van der Waals surface area contributed by atoms with Gasteiger partial charge in [-0.3, -0.25) is 19.9 Å². The number of hydrogen-bond acceptors (Lipinski definition) is 5. The molecule has 18 heavy (non-hydrogen) atoms. The van der Waals surface area contributed by atoms with Crippen molar-refractivity contribution in [1.82, 2.24) is 9.97 Å². The molecule has 0 bridgehead atoms. The number of pyridine rings is 1. The molecule has 2 aromatic rings. The monoisotopic (exact) mass is 248 g/mol. The Morgan fingerprint density at radius 3 is 2.83 bits per heavy atom. The van der Waals surface area contributed by atoms with Gasteiger partial charge in [0.1, 0.15) is 0 Å². The van der Waals surface area contributed by atoms with Crippen LogP contribution in [0.5, 0.6) is 6.01 Å². The maximum Gasteiger partial charge on any atom is 0.426 e. The van der Waals surface area contributed by atoms with E-state index in [0.29, 0.717) is 0 Å². The second-order valence-corrected chi connectivity index (χ2v) is 3.59. The Morgan fingerprint density at radius 1 is 1.50 bits per heavy atom. The minimum Gasteiger partial charge on any atom is -0.826 e. The summed E-state index contributed by atoms with van der Waals surface area (Å²) in [6.45, 7) is 1.77. The molecule has 8 nitrogen and oxygen atoms in total. The second kappa shape index (κ2) is 4.24. The first-order valence-electron chi connectivity index (χ1n) is 4.93. The summed E-state index contributed by atoms with van der Waals surface area (Å²) in [5.41, 5.74) is -1.02. The van der Waals surface area contributed by atoms with Gasteiger partial charge >= 0.3 is 17.1 Å². The third-order valence-electron chi connectivity index (χ3n) is 2.23. The first-order chi connectivity index (χ1) is 8.49. The van der Waals surface area contributed by atoms with Crippen LogP contribution in [0.2, 0.25) is 0 Å². The lowest BCUT2D eigenvalue weighted by Crippen LogP contribution is -2.35. The quantitative estimate of drug-likeness (QED) is 0.430.